The van der Waals surface area contributed by atoms with Crippen molar-refractivity contribution in [1.29, 1.82) is 0 Å². The summed E-state index contributed by atoms with van der Waals surface area (Å²) in [6.45, 7) is 6.33. The molecule has 0 fully saturated rings. The zero-order chi connectivity index (χ0) is 15.5. The Bertz CT molecular complexity index is 605. The SMILES string of the molecule is COc1ccc2cc(CNCC(C)(C)N(C)C)ccc2c1. The number of hydrogen-bond donors (Lipinski definition) is 1. The molecule has 0 amide bonds. The van der Waals surface area contributed by atoms with E-state index in [0.717, 1.165) is 18.8 Å². The van der Waals surface area contributed by atoms with Gasteiger partial charge in [0.1, 0.15) is 5.75 Å². The van der Waals surface area contributed by atoms with Crippen molar-refractivity contribution in [1.82, 2.24) is 10.2 Å². The first-order valence-electron chi connectivity index (χ1n) is 7.37. The lowest BCUT2D eigenvalue weighted by atomic mass is 10.0. The number of ether oxygens (including phenoxy) is 1. The van der Waals surface area contributed by atoms with Crippen LogP contribution in [0.25, 0.3) is 10.8 Å². The molecule has 3 heteroatoms. The predicted molar refractivity (Wildman–Crippen MR) is 90.0 cm³/mol. The summed E-state index contributed by atoms with van der Waals surface area (Å²) < 4.78 is 5.26. The zero-order valence-corrected chi connectivity index (χ0v) is 13.7. The number of fused-ring (bicyclic) bond motifs is 1. The average Bonchev–Trinajstić information content (AvgIpc) is 2.46. The van der Waals surface area contributed by atoms with Gasteiger partial charge in [0.15, 0.2) is 0 Å². The second kappa shape index (κ2) is 6.46. The summed E-state index contributed by atoms with van der Waals surface area (Å²) in [5.74, 6) is 0.904. The van der Waals surface area contributed by atoms with E-state index < -0.39 is 0 Å². The molecule has 0 aliphatic rings. The van der Waals surface area contributed by atoms with Crippen molar-refractivity contribution < 1.29 is 4.74 Å². The first-order chi connectivity index (χ1) is 9.92. The van der Waals surface area contributed by atoms with Gasteiger partial charge in [-0.25, -0.2) is 0 Å². The Morgan fingerprint density at radius 2 is 1.71 bits per heavy atom. The number of nitrogens with zero attached hydrogens (tertiary/aromatic N) is 1. The number of likely N-dealkylation sites (N-methyl/N-ethyl adjacent to an activating group) is 1. The minimum absolute atomic E-state index is 0.157. The molecule has 0 saturated carbocycles. The third-order valence-corrected chi connectivity index (χ3v) is 4.21. The fourth-order valence-corrected chi connectivity index (χ4v) is 2.18. The fraction of sp³-hybridized carbons (Fsp3) is 0.444. The van der Waals surface area contributed by atoms with Gasteiger partial charge in [-0.3, -0.25) is 0 Å². The maximum atomic E-state index is 5.26. The van der Waals surface area contributed by atoms with E-state index in [1.54, 1.807) is 7.11 Å². The first-order valence-corrected chi connectivity index (χ1v) is 7.37. The van der Waals surface area contributed by atoms with Crippen LogP contribution in [0.5, 0.6) is 5.75 Å². The largest absolute Gasteiger partial charge is 0.497 e. The summed E-state index contributed by atoms with van der Waals surface area (Å²) in [6.07, 6.45) is 0. The van der Waals surface area contributed by atoms with Gasteiger partial charge in [0.05, 0.1) is 7.11 Å². The summed E-state index contributed by atoms with van der Waals surface area (Å²) in [7, 11) is 5.93. The van der Waals surface area contributed by atoms with Gasteiger partial charge in [0, 0.05) is 18.6 Å². The second-order valence-electron chi connectivity index (χ2n) is 6.36. The van der Waals surface area contributed by atoms with Crippen molar-refractivity contribution in [3.8, 4) is 5.75 Å². The van der Waals surface area contributed by atoms with Crippen LogP contribution in [0, 0.1) is 0 Å². The van der Waals surface area contributed by atoms with Gasteiger partial charge in [0.25, 0.3) is 0 Å². The third kappa shape index (κ3) is 3.96. The van der Waals surface area contributed by atoms with E-state index in [-0.39, 0.29) is 5.54 Å². The summed E-state index contributed by atoms with van der Waals surface area (Å²) in [5, 5.41) is 6.01. The summed E-state index contributed by atoms with van der Waals surface area (Å²) >= 11 is 0. The molecule has 0 unspecified atom stereocenters. The minimum atomic E-state index is 0.157. The summed E-state index contributed by atoms with van der Waals surface area (Å²) in [5.41, 5.74) is 1.46. The van der Waals surface area contributed by atoms with E-state index >= 15 is 0 Å². The van der Waals surface area contributed by atoms with Crippen LogP contribution >= 0.6 is 0 Å². The molecule has 21 heavy (non-hydrogen) atoms. The standard InChI is InChI=1S/C18H26N2O/c1-18(2,20(3)4)13-19-12-14-6-7-16-11-17(21-5)9-8-15(16)10-14/h6-11,19H,12-13H2,1-5H3. The maximum Gasteiger partial charge on any atom is 0.119 e. The Balaban J connectivity index is 2.03. The molecular weight excluding hydrogens is 260 g/mol. The number of methoxy groups -OCH3 is 1. The smallest absolute Gasteiger partial charge is 0.119 e. The van der Waals surface area contributed by atoms with Crippen molar-refractivity contribution in [3.05, 3.63) is 42.0 Å². The number of rotatable bonds is 6. The molecule has 114 valence electrons. The molecule has 0 radical (unpaired) electrons. The highest BCUT2D eigenvalue weighted by Gasteiger charge is 2.19. The highest BCUT2D eigenvalue weighted by molar-refractivity contribution is 5.84. The molecule has 0 spiro atoms. The topological polar surface area (TPSA) is 24.5 Å². The van der Waals surface area contributed by atoms with Gasteiger partial charge in [-0.2, -0.15) is 0 Å². The van der Waals surface area contributed by atoms with E-state index in [1.807, 2.05) is 6.07 Å². The van der Waals surface area contributed by atoms with Crippen LogP contribution in [0.3, 0.4) is 0 Å². The minimum Gasteiger partial charge on any atom is -0.497 e. The second-order valence-corrected chi connectivity index (χ2v) is 6.36. The fourth-order valence-electron chi connectivity index (χ4n) is 2.18. The average molecular weight is 286 g/mol. The molecule has 0 bridgehead atoms. The Labute approximate surface area is 127 Å². The van der Waals surface area contributed by atoms with E-state index in [9.17, 15) is 0 Å². The molecule has 1 N–H and O–H groups in total. The zero-order valence-electron chi connectivity index (χ0n) is 13.7. The van der Waals surface area contributed by atoms with Crippen LogP contribution in [0.15, 0.2) is 36.4 Å². The Morgan fingerprint density at radius 1 is 1.05 bits per heavy atom. The highest BCUT2D eigenvalue weighted by atomic mass is 16.5. The van der Waals surface area contributed by atoms with Gasteiger partial charge in [0.2, 0.25) is 0 Å². The molecule has 2 rings (SSSR count). The van der Waals surface area contributed by atoms with Crippen LogP contribution in [-0.2, 0) is 6.54 Å². The number of hydrogen-bond acceptors (Lipinski definition) is 3. The molecule has 0 aliphatic heterocycles. The van der Waals surface area contributed by atoms with Crippen molar-refractivity contribution in [2.45, 2.75) is 25.9 Å². The number of benzene rings is 2. The molecule has 0 saturated heterocycles. The van der Waals surface area contributed by atoms with E-state index in [1.165, 1.54) is 16.3 Å². The van der Waals surface area contributed by atoms with Crippen LogP contribution in [0.4, 0.5) is 0 Å². The highest BCUT2D eigenvalue weighted by Crippen LogP contribution is 2.21. The van der Waals surface area contributed by atoms with E-state index in [4.69, 9.17) is 4.74 Å². The third-order valence-electron chi connectivity index (χ3n) is 4.21. The van der Waals surface area contributed by atoms with Gasteiger partial charge in [-0.1, -0.05) is 18.2 Å². The van der Waals surface area contributed by atoms with Gasteiger partial charge >= 0.3 is 0 Å². The Morgan fingerprint density at radius 3 is 2.38 bits per heavy atom. The molecule has 2 aromatic rings. The molecule has 0 heterocycles. The van der Waals surface area contributed by atoms with Crippen molar-refractivity contribution in [2.75, 3.05) is 27.7 Å². The van der Waals surface area contributed by atoms with E-state index in [2.05, 4.69) is 68.5 Å². The number of nitrogens with one attached hydrogen (secondary N) is 1. The molecule has 0 aromatic heterocycles. The Kier molecular flexibility index (Phi) is 4.86. The van der Waals surface area contributed by atoms with Gasteiger partial charge in [-0.05, 0) is 62.5 Å². The van der Waals surface area contributed by atoms with E-state index in [0.29, 0.717) is 0 Å². The summed E-state index contributed by atoms with van der Waals surface area (Å²) in [6, 6.07) is 12.8. The molecular formula is C18H26N2O. The first kappa shape index (κ1) is 15.8. The molecule has 0 aliphatic carbocycles. The van der Waals surface area contributed by atoms with Crippen molar-refractivity contribution >= 4 is 10.8 Å². The monoisotopic (exact) mass is 286 g/mol. The predicted octanol–water partition coefficient (Wildman–Crippen LogP) is 3.28. The van der Waals surface area contributed by atoms with Crippen LogP contribution in [0.2, 0.25) is 0 Å². The van der Waals surface area contributed by atoms with Crippen molar-refractivity contribution in [3.63, 3.8) is 0 Å². The molecule has 2 aromatic carbocycles. The lowest BCUT2D eigenvalue weighted by molar-refractivity contribution is 0.190. The van der Waals surface area contributed by atoms with Crippen LogP contribution in [0.1, 0.15) is 19.4 Å². The quantitative estimate of drug-likeness (QED) is 0.882. The van der Waals surface area contributed by atoms with Gasteiger partial charge < -0.3 is 15.0 Å². The van der Waals surface area contributed by atoms with Crippen LogP contribution in [-0.4, -0.2) is 38.2 Å². The molecule has 0 atom stereocenters. The lowest BCUT2D eigenvalue weighted by Gasteiger charge is -2.32. The summed E-state index contributed by atoms with van der Waals surface area (Å²) in [4.78, 5) is 2.24. The Hall–Kier alpha value is -1.58. The molecule has 3 nitrogen and oxygen atoms in total. The van der Waals surface area contributed by atoms with Gasteiger partial charge in [-0.15, -0.1) is 0 Å². The normalized spacial score (nSPS) is 12.1. The van der Waals surface area contributed by atoms with Crippen molar-refractivity contribution in [2.24, 2.45) is 0 Å². The van der Waals surface area contributed by atoms with Crippen LogP contribution < -0.4 is 10.1 Å². The lowest BCUT2D eigenvalue weighted by Crippen LogP contribution is -2.46. The maximum absolute atomic E-state index is 5.26.